The van der Waals surface area contributed by atoms with Crippen LogP contribution in [0.15, 0.2) is 58.2 Å². The molecule has 1 N–H and O–H groups in total. The van der Waals surface area contributed by atoms with Crippen LogP contribution < -0.4 is 5.32 Å². The Bertz CT molecular complexity index is 1050. The van der Waals surface area contributed by atoms with Gasteiger partial charge in [0.1, 0.15) is 5.67 Å². The highest BCUT2D eigenvalue weighted by Crippen LogP contribution is 2.33. The summed E-state index contributed by atoms with van der Waals surface area (Å²) < 4.78 is 14.1. The van der Waals surface area contributed by atoms with Gasteiger partial charge in [-0.25, -0.2) is 14.4 Å². The Morgan fingerprint density at radius 2 is 1.69 bits per heavy atom. The molecule has 1 aromatic heterocycles. The molecule has 186 valence electrons. The van der Waals surface area contributed by atoms with Crippen LogP contribution in [0.1, 0.15) is 77.2 Å². The Morgan fingerprint density at radius 3 is 2.40 bits per heavy atom. The van der Waals surface area contributed by atoms with Gasteiger partial charge in [0.15, 0.2) is 0 Å². The summed E-state index contributed by atoms with van der Waals surface area (Å²) in [5.41, 5.74) is 4.06. The third-order valence-corrected chi connectivity index (χ3v) is 7.64. The molecule has 0 amide bonds. The van der Waals surface area contributed by atoms with Crippen molar-refractivity contribution in [2.24, 2.45) is 15.9 Å². The second-order valence-corrected chi connectivity index (χ2v) is 10.8. The van der Waals surface area contributed by atoms with E-state index in [9.17, 15) is 4.39 Å². The van der Waals surface area contributed by atoms with Crippen LogP contribution in [0.25, 0.3) is 0 Å². The molecule has 2 bridgehead atoms. The van der Waals surface area contributed by atoms with E-state index in [0.717, 1.165) is 57.3 Å². The van der Waals surface area contributed by atoms with Gasteiger partial charge in [0.05, 0.1) is 0 Å². The summed E-state index contributed by atoms with van der Waals surface area (Å²) in [6.45, 7) is 5.32. The third-order valence-electron chi connectivity index (χ3n) is 7.64. The fraction of sp³-hybridized carbons (Fsp3) is 0.571. The van der Waals surface area contributed by atoms with Gasteiger partial charge in [-0.05, 0) is 88.9 Å². The van der Waals surface area contributed by atoms with Gasteiger partial charge in [-0.2, -0.15) is 0 Å². The van der Waals surface area contributed by atoms with Crippen molar-refractivity contribution < 1.29 is 4.39 Å². The minimum Gasteiger partial charge on any atom is -0.371 e. The Labute approximate surface area is 208 Å². The highest BCUT2D eigenvalue weighted by molar-refractivity contribution is 6.17. The number of fused-ring (bicyclic) bond motifs is 2. The summed E-state index contributed by atoms with van der Waals surface area (Å²) in [7, 11) is 0. The molecule has 6 nitrogen and oxygen atoms in total. The number of hydrogen-bond donors (Lipinski definition) is 1. The van der Waals surface area contributed by atoms with E-state index in [0.29, 0.717) is 23.5 Å². The highest BCUT2D eigenvalue weighted by atomic mass is 19.1. The van der Waals surface area contributed by atoms with Gasteiger partial charge in [0.2, 0.25) is 5.95 Å². The number of aromatic nitrogens is 2. The van der Waals surface area contributed by atoms with E-state index >= 15 is 0 Å². The summed E-state index contributed by atoms with van der Waals surface area (Å²) >= 11 is 0. The lowest BCUT2D eigenvalue weighted by Gasteiger charge is -2.31. The predicted octanol–water partition coefficient (Wildman–Crippen LogP) is 6.11. The van der Waals surface area contributed by atoms with Crippen molar-refractivity contribution in [3.8, 4) is 0 Å². The fourth-order valence-corrected chi connectivity index (χ4v) is 5.50. The number of hydrogen-bond acceptors (Lipinski definition) is 6. The summed E-state index contributed by atoms with van der Waals surface area (Å²) in [5, 5.41) is 3.46. The smallest absolute Gasteiger partial charge is 0.222 e. The molecular weight excluding hydrogens is 439 g/mol. The summed E-state index contributed by atoms with van der Waals surface area (Å²) in [6, 6.07) is 0.360. The van der Waals surface area contributed by atoms with Crippen molar-refractivity contribution in [1.29, 1.82) is 0 Å². The van der Waals surface area contributed by atoms with E-state index in [4.69, 9.17) is 4.99 Å². The molecule has 0 atom stereocenters. The van der Waals surface area contributed by atoms with Crippen LogP contribution in [0.2, 0.25) is 0 Å². The molecule has 3 heterocycles. The number of likely N-dealkylation sites (tertiary alicyclic amines) is 1. The minimum atomic E-state index is -1.42. The number of piperidine rings is 1. The number of anilines is 1. The van der Waals surface area contributed by atoms with Crippen LogP contribution >= 0.6 is 0 Å². The van der Waals surface area contributed by atoms with Gasteiger partial charge in [-0.1, -0.05) is 0 Å². The van der Waals surface area contributed by atoms with Crippen LogP contribution in [0.3, 0.4) is 0 Å². The Hall–Kier alpha value is -2.83. The molecule has 0 aromatic carbocycles. The van der Waals surface area contributed by atoms with Crippen molar-refractivity contribution >= 4 is 17.4 Å². The average Bonchev–Trinajstić information content (AvgIpc) is 3.19. The second-order valence-electron chi connectivity index (χ2n) is 10.8. The van der Waals surface area contributed by atoms with Gasteiger partial charge >= 0.3 is 0 Å². The first-order chi connectivity index (χ1) is 16.9. The van der Waals surface area contributed by atoms with Crippen LogP contribution in [-0.2, 0) is 5.67 Å². The van der Waals surface area contributed by atoms with E-state index in [2.05, 4.69) is 37.3 Å². The van der Waals surface area contributed by atoms with Gasteiger partial charge in [0, 0.05) is 73.0 Å². The largest absolute Gasteiger partial charge is 0.371 e. The maximum Gasteiger partial charge on any atom is 0.222 e. The molecule has 4 aliphatic rings. The number of rotatable bonds is 6. The van der Waals surface area contributed by atoms with Crippen molar-refractivity contribution in [2.75, 3.05) is 18.4 Å². The van der Waals surface area contributed by atoms with Crippen molar-refractivity contribution in [3.05, 3.63) is 53.8 Å². The Morgan fingerprint density at radius 1 is 0.971 bits per heavy atom. The predicted molar refractivity (Wildman–Crippen MR) is 140 cm³/mol. The van der Waals surface area contributed by atoms with Crippen molar-refractivity contribution in [1.82, 2.24) is 14.9 Å². The minimum absolute atomic E-state index is 0.360. The topological polar surface area (TPSA) is 65.8 Å². The van der Waals surface area contributed by atoms with Gasteiger partial charge in [-0.15, -0.1) is 0 Å². The molecule has 1 saturated heterocycles. The maximum atomic E-state index is 14.1. The van der Waals surface area contributed by atoms with E-state index in [-0.39, 0.29) is 0 Å². The lowest BCUT2D eigenvalue weighted by molar-refractivity contribution is 0.220. The van der Waals surface area contributed by atoms with Crippen LogP contribution in [0.4, 0.5) is 10.3 Å². The average molecular weight is 477 g/mol. The fourth-order valence-electron chi connectivity index (χ4n) is 5.50. The number of nitrogens with one attached hydrogen (secondary N) is 1. The molecule has 1 saturated carbocycles. The first kappa shape index (κ1) is 23.9. The zero-order chi connectivity index (χ0) is 24.3. The molecule has 35 heavy (non-hydrogen) atoms. The lowest BCUT2D eigenvalue weighted by atomic mass is 9.81. The SMILES string of the molecule is CC(C)(F)c1cnc(NC2CCC(CC3=CC(N4CCCCC4)=CC4=NC=CN=C3C4)CC2)nc1. The molecule has 2 fully saturated rings. The first-order valence-corrected chi connectivity index (χ1v) is 13.2. The van der Waals surface area contributed by atoms with E-state index in [1.165, 1.54) is 50.1 Å². The molecule has 7 heteroatoms. The molecule has 0 radical (unpaired) electrons. The normalized spacial score (nSPS) is 25.1. The van der Waals surface area contributed by atoms with Crippen molar-refractivity contribution in [2.45, 2.75) is 83.3 Å². The Balaban J connectivity index is 1.22. The molecule has 2 aliphatic carbocycles. The van der Waals surface area contributed by atoms with Gasteiger partial charge in [-0.3, -0.25) is 9.98 Å². The number of alkyl halides is 1. The highest BCUT2D eigenvalue weighted by Gasteiger charge is 2.27. The zero-order valence-electron chi connectivity index (χ0n) is 21.0. The molecule has 1 aromatic rings. The van der Waals surface area contributed by atoms with Crippen LogP contribution in [0.5, 0.6) is 0 Å². The van der Waals surface area contributed by atoms with Crippen molar-refractivity contribution in [3.63, 3.8) is 0 Å². The zero-order valence-corrected chi connectivity index (χ0v) is 21.0. The van der Waals surface area contributed by atoms with E-state index in [1.54, 1.807) is 12.4 Å². The quantitative estimate of drug-likeness (QED) is 0.538. The van der Waals surface area contributed by atoms with Crippen LogP contribution in [-0.4, -0.2) is 45.4 Å². The number of halogens is 1. The monoisotopic (exact) mass is 476 g/mol. The second kappa shape index (κ2) is 10.4. The van der Waals surface area contributed by atoms with E-state index < -0.39 is 5.67 Å². The molecule has 0 unspecified atom stereocenters. The number of aliphatic imine (C=N–C) groups is 2. The third kappa shape index (κ3) is 6.06. The number of nitrogens with zero attached hydrogens (tertiary/aromatic N) is 5. The first-order valence-electron chi connectivity index (χ1n) is 13.2. The number of allylic oxidation sites excluding steroid dienone is 3. The molecular formula is C28H37FN6. The van der Waals surface area contributed by atoms with Gasteiger partial charge < -0.3 is 10.2 Å². The molecule has 0 spiro atoms. The summed E-state index contributed by atoms with van der Waals surface area (Å²) in [5.74, 6) is 1.24. The maximum absolute atomic E-state index is 14.1. The molecule has 5 rings (SSSR count). The van der Waals surface area contributed by atoms with E-state index in [1.807, 2.05) is 12.4 Å². The van der Waals surface area contributed by atoms with Crippen LogP contribution in [0, 0.1) is 5.92 Å². The summed E-state index contributed by atoms with van der Waals surface area (Å²) in [4.78, 5) is 20.6. The molecule has 2 aliphatic heterocycles. The standard InChI is InChI=1S/C28H37FN6/c1-28(2,29)22-18-32-27(33-19-22)34-23-8-6-20(7-9-23)14-21-15-25(35-12-4-3-5-13-35)16-24-17-26(21)31-11-10-30-24/h10-11,15-16,18-20,23H,3-9,12-14,17H2,1-2H3,(H,32,33,34). The van der Waals surface area contributed by atoms with Gasteiger partial charge in [0.25, 0.3) is 0 Å². The lowest BCUT2D eigenvalue weighted by Crippen LogP contribution is -2.29. The Kier molecular flexibility index (Phi) is 7.12. The summed E-state index contributed by atoms with van der Waals surface area (Å²) in [6.07, 6.45) is 21.8.